The molecule has 5 heteroatoms. The van der Waals surface area contributed by atoms with E-state index < -0.39 is 5.60 Å². The number of carbonyl (C=O) groups excluding carboxylic acids is 1. The predicted molar refractivity (Wildman–Crippen MR) is 75.4 cm³/mol. The summed E-state index contributed by atoms with van der Waals surface area (Å²) in [7, 11) is 1.49. The summed E-state index contributed by atoms with van der Waals surface area (Å²) in [5, 5.41) is 2.83. The number of rotatable bonds is 6. The second-order valence-corrected chi connectivity index (χ2v) is 4.80. The number of ether oxygens (including phenoxy) is 2. The first-order chi connectivity index (χ1) is 8.91. The molecule has 19 heavy (non-hydrogen) atoms. The largest absolute Gasteiger partial charge is 0.494 e. The number of benzene rings is 1. The van der Waals surface area contributed by atoms with Crippen LogP contribution in [-0.4, -0.2) is 31.8 Å². The molecule has 1 rings (SSSR count). The molecule has 1 aromatic carbocycles. The minimum atomic E-state index is -0.405. The van der Waals surface area contributed by atoms with Crippen molar-refractivity contribution in [1.82, 2.24) is 5.32 Å². The van der Waals surface area contributed by atoms with E-state index in [0.29, 0.717) is 30.2 Å². The number of carbonyl (C=O) groups is 1. The van der Waals surface area contributed by atoms with Gasteiger partial charge >= 0.3 is 0 Å². The van der Waals surface area contributed by atoms with Gasteiger partial charge in [-0.1, -0.05) is 6.07 Å². The third-order valence-corrected chi connectivity index (χ3v) is 2.70. The van der Waals surface area contributed by atoms with Crippen molar-refractivity contribution in [3.63, 3.8) is 0 Å². The van der Waals surface area contributed by atoms with Crippen LogP contribution in [0.5, 0.6) is 5.75 Å². The number of hydrogen-bond donors (Lipinski definition) is 2. The van der Waals surface area contributed by atoms with Gasteiger partial charge in [-0.15, -0.1) is 0 Å². The van der Waals surface area contributed by atoms with E-state index in [0.717, 1.165) is 0 Å². The number of amides is 1. The van der Waals surface area contributed by atoms with Gasteiger partial charge < -0.3 is 20.5 Å². The van der Waals surface area contributed by atoms with Crippen molar-refractivity contribution in [2.45, 2.75) is 26.4 Å². The van der Waals surface area contributed by atoms with E-state index in [1.807, 2.05) is 20.8 Å². The highest BCUT2D eigenvalue weighted by Gasteiger charge is 2.20. The van der Waals surface area contributed by atoms with Crippen LogP contribution < -0.4 is 15.8 Å². The van der Waals surface area contributed by atoms with Crippen LogP contribution in [-0.2, 0) is 4.74 Å². The maximum Gasteiger partial charge on any atom is 0.255 e. The van der Waals surface area contributed by atoms with Crippen molar-refractivity contribution in [3.8, 4) is 5.75 Å². The lowest BCUT2D eigenvalue weighted by molar-refractivity contribution is -0.00817. The van der Waals surface area contributed by atoms with E-state index in [-0.39, 0.29) is 5.91 Å². The number of methoxy groups -OCH3 is 1. The topological polar surface area (TPSA) is 73.6 Å². The zero-order valence-corrected chi connectivity index (χ0v) is 11.9. The number of anilines is 1. The minimum absolute atomic E-state index is 0.225. The molecule has 0 fully saturated rings. The molecule has 1 amide bonds. The van der Waals surface area contributed by atoms with Crippen molar-refractivity contribution in [3.05, 3.63) is 23.8 Å². The smallest absolute Gasteiger partial charge is 0.255 e. The first-order valence-electron chi connectivity index (χ1n) is 6.26. The maximum atomic E-state index is 12.1. The number of nitrogens with one attached hydrogen (secondary N) is 1. The molecule has 106 valence electrons. The Bertz CT molecular complexity index is 444. The van der Waals surface area contributed by atoms with Gasteiger partial charge in [-0.05, 0) is 32.9 Å². The maximum absolute atomic E-state index is 12.1. The second kappa shape index (κ2) is 6.43. The second-order valence-electron chi connectivity index (χ2n) is 4.80. The van der Waals surface area contributed by atoms with E-state index in [1.54, 1.807) is 18.2 Å². The average Bonchev–Trinajstić information content (AvgIpc) is 2.35. The lowest BCUT2D eigenvalue weighted by atomic mass is 10.1. The lowest BCUT2D eigenvalue weighted by Gasteiger charge is -2.25. The van der Waals surface area contributed by atoms with Gasteiger partial charge in [0.15, 0.2) is 5.75 Å². The summed E-state index contributed by atoms with van der Waals surface area (Å²) >= 11 is 0. The molecule has 0 unspecified atom stereocenters. The summed E-state index contributed by atoms with van der Waals surface area (Å²) in [6, 6.07) is 5.10. The van der Waals surface area contributed by atoms with Crippen LogP contribution >= 0.6 is 0 Å². The van der Waals surface area contributed by atoms with Gasteiger partial charge in [0, 0.05) is 13.2 Å². The summed E-state index contributed by atoms with van der Waals surface area (Å²) in [5.41, 5.74) is 6.23. The standard InChI is InChI=1S/C14H22N2O3/c1-5-19-14(2,3)9-16-13(17)10-7-6-8-11(15)12(10)18-4/h6-8H,5,9,15H2,1-4H3,(H,16,17). The zero-order valence-electron chi connectivity index (χ0n) is 11.9. The van der Waals surface area contributed by atoms with Crippen LogP contribution in [0.15, 0.2) is 18.2 Å². The van der Waals surface area contributed by atoms with E-state index in [1.165, 1.54) is 7.11 Å². The molecule has 0 aliphatic heterocycles. The summed E-state index contributed by atoms with van der Waals surface area (Å²) in [6.07, 6.45) is 0. The van der Waals surface area contributed by atoms with Crippen LogP contribution in [0.25, 0.3) is 0 Å². The Balaban J connectivity index is 2.77. The number of nitrogen functional groups attached to an aromatic ring is 1. The van der Waals surface area contributed by atoms with Gasteiger partial charge in [-0.2, -0.15) is 0 Å². The molecular formula is C14H22N2O3. The highest BCUT2D eigenvalue weighted by Crippen LogP contribution is 2.25. The fraction of sp³-hybridized carbons (Fsp3) is 0.500. The quantitative estimate of drug-likeness (QED) is 0.770. The predicted octanol–water partition coefficient (Wildman–Crippen LogP) is 1.82. The van der Waals surface area contributed by atoms with E-state index in [4.69, 9.17) is 15.2 Å². The normalized spacial score (nSPS) is 11.2. The van der Waals surface area contributed by atoms with E-state index in [2.05, 4.69) is 5.32 Å². The molecule has 3 N–H and O–H groups in total. The molecule has 0 atom stereocenters. The van der Waals surface area contributed by atoms with Crippen LogP contribution in [0.4, 0.5) is 5.69 Å². The Labute approximate surface area is 114 Å². The highest BCUT2D eigenvalue weighted by atomic mass is 16.5. The first-order valence-corrected chi connectivity index (χ1v) is 6.26. The van der Waals surface area contributed by atoms with Crippen molar-refractivity contribution >= 4 is 11.6 Å². The zero-order chi connectivity index (χ0) is 14.5. The van der Waals surface area contributed by atoms with E-state index >= 15 is 0 Å². The molecule has 0 heterocycles. The molecule has 5 nitrogen and oxygen atoms in total. The van der Waals surface area contributed by atoms with Crippen molar-refractivity contribution in [2.24, 2.45) is 0 Å². The van der Waals surface area contributed by atoms with Crippen LogP contribution in [0.3, 0.4) is 0 Å². The third-order valence-electron chi connectivity index (χ3n) is 2.70. The molecule has 0 saturated heterocycles. The fourth-order valence-corrected chi connectivity index (χ4v) is 1.79. The van der Waals surface area contributed by atoms with Crippen LogP contribution in [0, 0.1) is 0 Å². The van der Waals surface area contributed by atoms with Gasteiger partial charge in [0.25, 0.3) is 5.91 Å². The molecule has 0 bridgehead atoms. The molecule has 0 saturated carbocycles. The summed E-state index contributed by atoms with van der Waals surface area (Å²) < 4.78 is 10.7. The molecule has 1 aromatic rings. The van der Waals surface area contributed by atoms with Crippen molar-refractivity contribution in [1.29, 1.82) is 0 Å². The minimum Gasteiger partial charge on any atom is -0.494 e. The van der Waals surface area contributed by atoms with Crippen molar-refractivity contribution in [2.75, 3.05) is 26.0 Å². The molecular weight excluding hydrogens is 244 g/mol. The third kappa shape index (κ3) is 4.13. The molecule has 0 aromatic heterocycles. The SMILES string of the molecule is CCOC(C)(C)CNC(=O)c1cccc(N)c1OC. The highest BCUT2D eigenvalue weighted by molar-refractivity contribution is 5.98. The van der Waals surface area contributed by atoms with Gasteiger partial charge in [0.05, 0.1) is 24.0 Å². The Morgan fingerprint density at radius 3 is 2.68 bits per heavy atom. The monoisotopic (exact) mass is 266 g/mol. The van der Waals surface area contributed by atoms with Crippen LogP contribution in [0.1, 0.15) is 31.1 Å². The first kappa shape index (κ1) is 15.3. The molecule has 0 aliphatic carbocycles. The van der Waals surface area contributed by atoms with Gasteiger partial charge in [0.1, 0.15) is 0 Å². The molecule has 0 radical (unpaired) electrons. The summed E-state index contributed by atoms with van der Waals surface area (Å²) in [5.74, 6) is 0.172. The Hall–Kier alpha value is -1.75. The van der Waals surface area contributed by atoms with Crippen LogP contribution in [0.2, 0.25) is 0 Å². The summed E-state index contributed by atoms with van der Waals surface area (Å²) in [4.78, 5) is 12.1. The number of nitrogens with two attached hydrogens (primary N) is 1. The average molecular weight is 266 g/mol. The molecule has 0 aliphatic rings. The van der Waals surface area contributed by atoms with Crippen molar-refractivity contribution < 1.29 is 14.3 Å². The number of para-hydroxylation sites is 1. The fourth-order valence-electron chi connectivity index (χ4n) is 1.79. The Kier molecular flexibility index (Phi) is 5.18. The lowest BCUT2D eigenvalue weighted by Crippen LogP contribution is -2.40. The molecule has 0 spiro atoms. The van der Waals surface area contributed by atoms with Gasteiger partial charge in [-0.25, -0.2) is 0 Å². The van der Waals surface area contributed by atoms with Gasteiger partial charge in [-0.3, -0.25) is 4.79 Å². The summed E-state index contributed by atoms with van der Waals surface area (Å²) in [6.45, 7) is 6.79. The van der Waals surface area contributed by atoms with Gasteiger partial charge in [0.2, 0.25) is 0 Å². The Morgan fingerprint density at radius 2 is 2.11 bits per heavy atom. The number of hydrogen-bond acceptors (Lipinski definition) is 4. The van der Waals surface area contributed by atoms with E-state index in [9.17, 15) is 4.79 Å². The Morgan fingerprint density at radius 1 is 1.42 bits per heavy atom.